The van der Waals surface area contributed by atoms with Gasteiger partial charge in [-0.25, -0.2) is 0 Å². The molecule has 1 aliphatic carbocycles. The van der Waals surface area contributed by atoms with E-state index in [4.69, 9.17) is 12.2 Å². The molecule has 1 amide bonds. The molecule has 8 heteroatoms. The normalized spacial score (nSPS) is 17.3. The molecule has 0 radical (unpaired) electrons. The summed E-state index contributed by atoms with van der Waals surface area (Å²) < 4.78 is 2.09. The lowest BCUT2D eigenvalue weighted by atomic mass is 9.78. The molecule has 3 rings (SSSR count). The van der Waals surface area contributed by atoms with Crippen LogP contribution < -0.4 is 5.32 Å². The second-order valence-electron chi connectivity index (χ2n) is 5.41. The van der Waals surface area contributed by atoms with Gasteiger partial charge in [0, 0.05) is 0 Å². The van der Waals surface area contributed by atoms with Crippen LogP contribution in [0.5, 0.6) is 0 Å². The average molecular weight is 333 g/mol. The summed E-state index contributed by atoms with van der Waals surface area (Å²) in [5, 5.41) is 21.0. The molecule has 2 N–H and O–H groups in total. The number of carbonyl (C=O) groups is 1. The largest absolute Gasteiger partial charge is 0.336 e. The standard InChI is InChI=1S/C14H15N5OS2/c1-9(12(20)16-14(8-15)5-3-6-14)19-11(17-18-13(19)21)10-4-2-7-22-10/h2,4,7,9H,3,5-6H2,1H3,(H,16,20)(H,18,21). The molecule has 0 bridgehead atoms. The smallest absolute Gasteiger partial charge is 0.244 e. The SMILES string of the molecule is CC(C(=O)NC1(C#N)CCC1)n1c(-c2cccs2)n[nH]c1=S. The second-order valence-corrected chi connectivity index (χ2v) is 6.75. The van der Waals surface area contributed by atoms with E-state index in [-0.39, 0.29) is 5.91 Å². The van der Waals surface area contributed by atoms with Gasteiger partial charge in [-0.3, -0.25) is 14.5 Å². The van der Waals surface area contributed by atoms with Gasteiger partial charge in [-0.2, -0.15) is 10.4 Å². The van der Waals surface area contributed by atoms with Crippen molar-refractivity contribution in [3.05, 3.63) is 22.3 Å². The van der Waals surface area contributed by atoms with Gasteiger partial charge >= 0.3 is 0 Å². The van der Waals surface area contributed by atoms with Crippen molar-refractivity contribution in [1.29, 1.82) is 5.26 Å². The van der Waals surface area contributed by atoms with Gasteiger partial charge in [-0.1, -0.05) is 6.07 Å². The quantitative estimate of drug-likeness (QED) is 0.842. The van der Waals surface area contributed by atoms with E-state index in [2.05, 4.69) is 21.6 Å². The third-order valence-electron chi connectivity index (χ3n) is 4.00. The number of hydrogen-bond acceptors (Lipinski definition) is 5. The van der Waals surface area contributed by atoms with Gasteiger partial charge < -0.3 is 5.32 Å². The van der Waals surface area contributed by atoms with Crippen LogP contribution in [0.4, 0.5) is 0 Å². The van der Waals surface area contributed by atoms with Crippen molar-refractivity contribution in [3.63, 3.8) is 0 Å². The molecular weight excluding hydrogens is 318 g/mol. The van der Waals surface area contributed by atoms with Crippen LogP contribution in [0.25, 0.3) is 10.7 Å². The lowest BCUT2D eigenvalue weighted by Crippen LogP contribution is -2.53. The zero-order chi connectivity index (χ0) is 15.7. The predicted molar refractivity (Wildman–Crippen MR) is 85.8 cm³/mol. The van der Waals surface area contributed by atoms with Crippen LogP contribution >= 0.6 is 23.6 Å². The molecule has 0 aliphatic heterocycles. The molecular formula is C14H15N5OS2. The van der Waals surface area contributed by atoms with Crippen molar-refractivity contribution in [3.8, 4) is 16.8 Å². The van der Waals surface area contributed by atoms with Crippen molar-refractivity contribution < 1.29 is 4.79 Å². The summed E-state index contributed by atoms with van der Waals surface area (Å²) in [6, 6.07) is 5.53. The minimum absolute atomic E-state index is 0.212. The van der Waals surface area contributed by atoms with Gasteiger partial charge in [0.25, 0.3) is 0 Å². The zero-order valence-electron chi connectivity index (χ0n) is 12.0. The molecule has 1 saturated carbocycles. The van der Waals surface area contributed by atoms with E-state index in [9.17, 15) is 10.1 Å². The monoisotopic (exact) mass is 333 g/mol. The number of nitrogens with one attached hydrogen (secondary N) is 2. The number of carbonyl (C=O) groups excluding carboxylic acids is 1. The average Bonchev–Trinajstić information content (AvgIpc) is 3.10. The number of aromatic amines is 1. The van der Waals surface area contributed by atoms with E-state index in [1.165, 1.54) is 11.3 Å². The Bertz CT molecular complexity index is 779. The Morgan fingerprint density at radius 2 is 2.45 bits per heavy atom. The van der Waals surface area contributed by atoms with Crippen LogP contribution in [0.15, 0.2) is 17.5 Å². The molecule has 6 nitrogen and oxygen atoms in total. The molecule has 1 aliphatic rings. The molecule has 1 atom stereocenters. The maximum Gasteiger partial charge on any atom is 0.244 e. The molecule has 2 aromatic rings. The topological polar surface area (TPSA) is 86.5 Å². The van der Waals surface area contributed by atoms with Crippen molar-refractivity contribution in [1.82, 2.24) is 20.1 Å². The maximum absolute atomic E-state index is 12.5. The first-order valence-corrected chi connectivity index (χ1v) is 8.29. The van der Waals surface area contributed by atoms with Gasteiger partial charge in [-0.05, 0) is 49.9 Å². The first kappa shape index (κ1) is 14.9. The Kier molecular flexibility index (Phi) is 3.85. The Morgan fingerprint density at radius 1 is 1.68 bits per heavy atom. The summed E-state index contributed by atoms with van der Waals surface area (Å²) in [5.74, 6) is 0.429. The third kappa shape index (κ3) is 2.46. The Labute approximate surface area is 136 Å². The van der Waals surface area contributed by atoms with Crippen LogP contribution in [0.2, 0.25) is 0 Å². The summed E-state index contributed by atoms with van der Waals surface area (Å²) >= 11 is 6.79. The fourth-order valence-corrected chi connectivity index (χ4v) is 3.50. The number of thiophene rings is 1. The molecule has 1 unspecified atom stereocenters. The highest BCUT2D eigenvalue weighted by atomic mass is 32.1. The minimum atomic E-state index is -0.708. The molecule has 22 heavy (non-hydrogen) atoms. The lowest BCUT2D eigenvalue weighted by Gasteiger charge is -2.36. The lowest BCUT2D eigenvalue weighted by molar-refractivity contribution is -0.126. The van der Waals surface area contributed by atoms with Crippen LogP contribution in [-0.4, -0.2) is 26.2 Å². The number of hydrogen-bond donors (Lipinski definition) is 2. The van der Waals surface area contributed by atoms with Gasteiger partial charge in [0.1, 0.15) is 11.6 Å². The molecule has 0 saturated heterocycles. The number of rotatable bonds is 4. The van der Waals surface area contributed by atoms with Crippen molar-refractivity contribution in [2.75, 3.05) is 0 Å². The Morgan fingerprint density at radius 3 is 3.00 bits per heavy atom. The first-order chi connectivity index (χ1) is 10.6. The number of nitrogens with zero attached hydrogens (tertiary/aromatic N) is 3. The molecule has 2 heterocycles. The van der Waals surface area contributed by atoms with E-state index in [0.29, 0.717) is 23.4 Å². The van der Waals surface area contributed by atoms with E-state index < -0.39 is 11.6 Å². The van der Waals surface area contributed by atoms with Gasteiger partial charge in [-0.15, -0.1) is 11.3 Å². The zero-order valence-corrected chi connectivity index (χ0v) is 13.6. The van der Waals surface area contributed by atoms with Crippen LogP contribution in [0.1, 0.15) is 32.2 Å². The van der Waals surface area contributed by atoms with Gasteiger partial charge in [0.2, 0.25) is 5.91 Å². The maximum atomic E-state index is 12.5. The molecule has 1 fully saturated rings. The summed E-state index contributed by atoms with van der Waals surface area (Å²) in [4.78, 5) is 13.5. The molecule has 0 aromatic carbocycles. The fourth-order valence-electron chi connectivity index (χ4n) is 2.50. The van der Waals surface area contributed by atoms with Crippen LogP contribution in [0.3, 0.4) is 0 Å². The molecule has 0 spiro atoms. The number of H-pyrrole nitrogens is 1. The fraction of sp³-hybridized carbons (Fsp3) is 0.429. The summed E-state index contributed by atoms with van der Waals surface area (Å²) in [7, 11) is 0. The highest BCUT2D eigenvalue weighted by Crippen LogP contribution is 2.32. The van der Waals surface area contributed by atoms with Crippen molar-refractivity contribution in [2.24, 2.45) is 0 Å². The Hall–Kier alpha value is -1.98. The van der Waals surface area contributed by atoms with E-state index in [1.807, 2.05) is 17.5 Å². The molecule has 2 aromatic heterocycles. The highest BCUT2D eigenvalue weighted by molar-refractivity contribution is 7.71. The number of aromatic nitrogens is 3. The third-order valence-corrected chi connectivity index (χ3v) is 5.15. The number of nitriles is 1. The summed E-state index contributed by atoms with van der Waals surface area (Å²) in [6.45, 7) is 1.77. The Balaban J connectivity index is 1.88. The van der Waals surface area contributed by atoms with Crippen molar-refractivity contribution >= 4 is 29.5 Å². The van der Waals surface area contributed by atoms with Crippen LogP contribution in [0, 0.1) is 16.1 Å². The number of amides is 1. The van der Waals surface area contributed by atoms with E-state index in [1.54, 1.807) is 11.5 Å². The van der Waals surface area contributed by atoms with E-state index >= 15 is 0 Å². The summed E-state index contributed by atoms with van der Waals surface area (Å²) in [5.41, 5.74) is -0.708. The van der Waals surface area contributed by atoms with Crippen molar-refractivity contribution in [2.45, 2.75) is 37.8 Å². The predicted octanol–water partition coefficient (Wildman–Crippen LogP) is 2.79. The van der Waals surface area contributed by atoms with Crippen LogP contribution in [-0.2, 0) is 4.79 Å². The van der Waals surface area contributed by atoms with E-state index in [0.717, 1.165) is 11.3 Å². The molecule has 114 valence electrons. The second kappa shape index (κ2) is 5.66. The van der Waals surface area contributed by atoms with Gasteiger partial charge in [0.15, 0.2) is 10.6 Å². The summed E-state index contributed by atoms with van der Waals surface area (Å²) in [6.07, 6.45) is 2.38. The van der Waals surface area contributed by atoms with Gasteiger partial charge in [0.05, 0.1) is 10.9 Å². The minimum Gasteiger partial charge on any atom is -0.336 e. The highest BCUT2D eigenvalue weighted by Gasteiger charge is 2.39. The first-order valence-electron chi connectivity index (χ1n) is 7.00.